The van der Waals surface area contributed by atoms with Gasteiger partial charge in [0.05, 0.1) is 22.1 Å². The number of hydrogen-bond donors (Lipinski definition) is 1. The van der Waals surface area contributed by atoms with E-state index in [1.807, 2.05) is 73.7 Å². The van der Waals surface area contributed by atoms with Crippen LogP contribution in [0.2, 0.25) is 5.02 Å². The summed E-state index contributed by atoms with van der Waals surface area (Å²) < 4.78 is 6.05. The van der Waals surface area contributed by atoms with Gasteiger partial charge in [-0.1, -0.05) is 54.2 Å². The standard InChI is InChI=1S/C22H17ClN2OS/c1-14-4-2-3-5-21(14)26-17-10-11-18-20(12-17)24-19(13-22(27)25-18)15-6-8-16(23)9-7-15/h2-12H,13H2,1H3,(H,25,27). The molecular weight excluding hydrogens is 376 g/mol. The average Bonchev–Trinajstić information content (AvgIpc) is 2.82. The SMILES string of the molecule is Cc1ccccc1Oc1ccc2c(c1)N=C(c1ccc(Cl)cc1)CC(=S)N2. The van der Waals surface area contributed by atoms with Gasteiger partial charge in [-0.2, -0.15) is 0 Å². The van der Waals surface area contributed by atoms with Crippen LogP contribution in [0.5, 0.6) is 11.5 Å². The molecule has 4 rings (SSSR count). The van der Waals surface area contributed by atoms with Crippen molar-refractivity contribution in [2.75, 3.05) is 5.32 Å². The number of aryl methyl sites for hydroxylation is 1. The minimum absolute atomic E-state index is 0.569. The molecule has 1 aliphatic rings. The van der Waals surface area contributed by atoms with E-state index in [1.165, 1.54) is 0 Å². The number of ether oxygens (including phenoxy) is 1. The van der Waals surface area contributed by atoms with Crippen molar-refractivity contribution in [1.82, 2.24) is 0 Å². The van der Waals surface area contributed by atoms with Gasteiger partial charge >= 0.3 is 0 Å². The van der Waals surface area contributed by atoms with E-state index >= 15 is 0 Å². The molecule has 0 atom stereocenters. The van der Waals surface area contributed by atoms with Crippen LogP contribution in [0.3, 0.4) is 0 Å². The Morgan fingerprint density at radius 3 is 2.59 bits per heavy atom. The van der Waals surface area contributed by atoms with Crippen LogP contribution in [-0.2, 0) is 0 Å². The van der Waals surface area contributed by atoms with Crippen LogP contribution in [-0.4, -0.2) is 10.7 Å². The lowest BCUT2D eigenvalue weighted by Gasteiger charge is -2.11. The summed E-state index contributed by atoms with van der Waals surface area (Å²) in [6.45, 7) is 2.02. The Bertz CT molecular complexity index is 1040. The number of anilines is 1. The van der Waals surface area contributed by atoms with E-state index in [4.69, 9.17) is 33.5 Å². The van der Waals surface area contributed by atoms with E-state index in [-0.39, 0.29) is 0 Å². The summed E-state index contributed by atoms with van der Waals surface area (Å²) in [7, 11) is 0. The minimum Gasteiger partial charge on any atom is -0.457 e. The lowest BCUT2D eigenvalue weighted by atomic mass is 10.1. The van der Waals surface area contributed by atoms with E-state index in [1.54, 1.807) is 0 Å². The Balaban J connectivity index is 1.72. The molecule has 0 unspecified atom stereocenters. The molecule has 3 aromatic rings. The van der Waals surface area contributed by atoms with E-state index in [0.29, 0.717) is 11.4 Å². The van der Waals surface area contributed by atoms with Crippen molar-refractivity contribution < 1.29 is 4.74 Å². The van der Waals surface area contributed by atoms with Gasteiger partial charge in [0.2, 0.25) is 0 Å². The number of para-hydroxylation sites is 1. The first-order valence-electron chi connectivity index (χ1n) is 8.59. The molecular formula is C22H17ClN2OS. The van der Waals surface area contributed by atoms with Crippen molar-refractivity contribution >= 4 is 45.9 Å². The molecule has 3 aromatic carbocycles. The molecule has 5 heteroatoms. The van der Waals surface area contributed by atoms with Gasteiger partial charge in [0.25, 0.3) is 0 Å². The van der Waals surface area contributed by atoms with Gasteiger partial charge in [-0.15, -0.1) is 0 Å². The first-order chi connectivity index (χ1) is 13.1. The molecule has 0 fully saturated rings. The zero-order chi connectivity index (χ0) is 18.8. The third-order valence-electron chi connectivity index (χ3n) is 4.33. The molecule has 0 spiro atoms. The van der Waals surface area contributed by atoms with Gasteiger partial charge in [0.1, 0.15) is 11.5 Å². The monoisotopic (exact) mass is 392 g/mol. The second kappa shape index (κ2) is 7.51. The number of nitrogens with zero attached hydrogens (tertiary/aromatic N) is 1. The molecule has 0 aromatic heterocycles. The Hall–Kier alpha value is -2.69. The van der Waals surface area contributed by atoms with Gasteiger partial charge in [0.15, 0.2) is 0 Å². The second-order valence-corrected chi connectivity index (χ2v) is 7.27. The highest BCUT2D eigenvalue weighted by molar-refractivity contribution is 7.80. The number of fused-ring (bicyclic) bond motifs is 1. The van der Waals surface area contributed by atoms with Gasteiger partial charge in [-0.3, -0.25) is 4.99 Å². The van der Waals surface area contributed by atoms with Crippen molar-refractivity contribution in [3.05, 3.63) is 82.9 Å². The molecule has 0 bridgehead atoms. The van der Waals surface area contributed by atoms with Gasteiger partial charge in [-0.05, 0) is 48.4 Å². The van der Waals surface area contributed by atoms with Crippen LogP contribution in [0.4, 0.5) is 11.4 Å². The maximum atomic E-state index is 6.05. The van der Waals surface area contributed by atoms with E-state index in [9.17, 15) is 0 Å². The van der Waals surface area contributed by atoms with Crippen LogP contribution in [0.25, 0.3) is 0 Å². The molecule has 27 heavy (non-hydrogen) atoms. The Morgan fingerprint density at radius 2 is 1.81 bits per heavy atom. The van der Waals surface area contributed by atoms with Gasteiger partial charge in [0, 0.05) is 17.5 Å². The highest BCUT2D eigenvalue weighted by Crippen LogP contribution is 2.35. The predicted octanol–water partition coefficient (Wildman–Crippen LogP) is 6.70. The summed E-state index contributed by atoms with van der Waals surface area (Å²) in [4.78, 5) is 5.59. The largest absolute Gasteiger partial charge is 0.457 e. The average molecular weight is 393 g/mol. The topological polar surface area (TPSA) is 33.6 Å². The number of rotatable bonds is 3. The molecule has 0 saturated heterocycles. The van der Waals surface area contributed by atoms with Crippen molar-refractivity contribution in [2.24, 2.45) is 4.99 Å². The first kappa shape index (κ1) is 17.7. The van der Waals surface area contributed by atoms with E-state index in [2.05, 4.69) is 5.32 Å². The normalized spacial score (nSPS) is 13.3. The van der Waals surface area contributed by atoms with Crippen molar-refractivity contribution in [1.29, 1.82) is 0 Å². The lowest BCUT2D eigenvalue weighted by molar-refractivity contribution is 0.479. The Labute approximate surface area is 168 Å². The number of benzene rings is 3. The fourth-order valence-electron chi connectivity index (χ4n) is 2.91. The maximum absolute atomic E-state index is 6.05. The fraction of sp³-hybridized carbons (Fsp3) is 0.0909. The molecule has 0 radical (unpaired) electrons. The third-order valence-corrected chi connectivity index (χ3v) is 4.82. The molecule has 1 heterocycles. The maximum Gasteiger partial charge on any atom is 0.130 e. The molecule has 0 aliphatic carbocycles. The van der Waals surface area contributed by atoms with Crippen LogP contribution in [0, 0.1) is 6.92 Å². The smallest absolute Gasteiger partial charge is 0.130 e. The molecule has 134 valence electrons. The van der Waals surface area contributed by atoms with Crippen molar-refractivity contribution in [2.45, 2.75) is 13.3 Å². The van der Waals surface area contributed by atoms with Crippen LogP contribution >= 0.6 is 23.8 Å². The molecule has 0 amide bonds. The summed E-state index contributed by atoms with van der Waals surface area (Å²) in [5.74, 6) is 1.56. The number of halogens is 1. The zero-order valence-corrected chi connectivity index (χ0v) is 16.3. The van der Waals surface area contributed by atoms with Gasteiger partial charge in [-0.25, -0.2) is 0 Å². The zero-order valence-electron chi connectivity index (χ0n) is 14.7. The lowest BCUT2D eigenvalue weighted by Crippen LogP contribution is -2.12. The van der Waals surface area contributed by atoms with Gasteiger partial charge < -0.3 is 10.1 Å². The van der Waals surface area contributed by atoms with Crippen molar-refractivity contribution in [3.63, 3.8) is 0 Å². The second-order valence-electron chi connectivity index (χ2n) is 6.34. The predicted molar refractivity (Wildman–Crippen MR) is 116 cm³/mol. The number of aliphatic imine (C=N–C) groups is 1. The Morgan fingerprint density at radius 1 is 1.04 bits per heavy atom. The van der Waals surface area contributed by atoms with Crippen LogP contribution in [0.1, 0.15) is 17.5 Å². The fourth-order valence-corrected chi connectivity index (χ4v) is 3.28. The first-order valence-corrected chi connectivity index (χ1v) is 9.38. The van der Waals surface area contributed by atoms with Crippen LogP contribution < -0.4 is 10.1 Å². The summed E-state index contributed by atoms with van der Waals surface area (Å²) in [5.41, 5.74) is 4.65. The highest BCUT2D eigenvalue weighted by Gasteiger charge is 2.16. The summed E-state index contributed by atoms with van der Waals surface area (Å²) in [6.07, 6.45) is 0.569. The minimum atomic E-state index is 0.569. The highest BCUT2D eigenvalue weighted by atomic mass is 35.5. The Kier molecular flexibility index (Phi) is 4.92. The van der Waals surface area contributed by atoms with Crippen molar-refractivity contribution in [3.8, 4) is 11.5 Å². The van der Waals surface area contributed by atoms with E-state index in [0.717, 1.165) is 44.7 Å². The molecule has 1 N–H and O–H groups in total. The summed E-state index contributed by atoms with van der Waals surface area (Å²) >= 11 is 11.5. The molecule has 0 saturated carbocycles. The quantitative estimate of drug-likeness (QED) is 0.503. The van der Waals surface area contributed by atoms with Crippen LogP contribution in [0.15, 0.2) is 71.7 Å². The summed E-state index contributed by atoms with van der Waals surface area (Å²) in [6, 6.07) is 21.4. The third kappa shape index (κ3) is 4.02. The number of nitrogens with one attached hydrogen (secondary N) is 1. The summed E-state index contributed by atoms with van der Waals surface area (Å²) in [5, 5.41) is 3.97. The van der Waals surface area contributed by atoms with E-state index < -0.39 is 0 Å². The molecule has 3 nitrogen and oxygen atoms in total. The number of hydrogen-bond acceptors (Lipinski definition) is 3. The molecule has 1 aliphatic heterocycles. The number of thiocarbonyl (C=S) groups is 1.